The van der Waals surface area contributed by atoms with Gasteiger partial charge in [0.15, 0.2) is 0 Å². The first-order valence-corrected chi connectivity index (χ1v) is 8.18. The molecule has 1 aromatic heterocycles. The lowest BCUT2D eigenvalue weighted by molar-refractivity contribution is 0.268. The van der Waals surface area contributed by atoms with Crippen molar-refractivity contribution in [1.29, 1.82) is 0 Å². The summed E-state index contributed by atoms with van der Waals surface area (Å²) in [4.78, 5) is 2.91. The van der Waals surface area contributed by atoms with E-state index in [1.165, 1.54) is 47.5 Å². The second-order valence-corrected chi connectivity index (χ2v) is 7.60. The van der Waals surface area contributed by atoms with E-state index in [9.17, 15) is 0 Å². The molecule has 3 unspecified atom stereocenters. The minimum absolute atomic E-state index is 0.507. The highest BCUT2D eigenvalue weighted by atomic mass is 32.1. The molecule has 0 saturated heterocycles. The Morgan fingerprint density at radius 1 is 1.39 bits per heavy atom. The first-order chi connectivity index (χ1) is 8.56. The third-order valence-electron chi connectivity index (χ3n) is 4.30. The molecule has 1 aliphatic rings. The number of aryl methyl sites for hydroxylation is 2. The van der Waals surface area contributed by atoms with Crippen LogP contribution in [-0.2, 0) is 0 Å². The van der Waals surface area contributed by atoms with E-state index in [0.717, 1.165) is 11.8 Å². The maximum atomic E-state index is 3.75. The molecule has 0 radical (unpaired) electrons. The molecular formula is C16H27NS. The number of hydrogen-bond donors (Lipinski definition) is 1. The Bertz CT molecular complexity index is 382. The van der Waals surface area contributed by atoms with E-state index in [0.29, 0.717) is 6.04 Å². The van der Waals surface area contributed by atoms with Gasteiger partial charge in [-0.25, -0.2) is 0 Å². The van der Waals surface area contributed by atoms with Crippen molar-refractivity contribution in [2.45, 2.75) is 59.4 Å². The van der Waals surface area contributed by atoms with Crippen LogP contribution in [0.5, 0.6) is 0 Å². The van der Waals surface area contributed by atoms with Crippen molar-refractivity contribution in [3.63, 3.8) is 0 Å². The average molecular weight is 265 g/mol. The predicted molar refractivity (Wildman–Crippen MR) is 81.3 cm³/mol. The Balaban J connectivity index is 1.84. The predicted octanol–water partition coefficient (Wildman–Crippen LogP) is 4.84. The molecule has 1 aromatic rings. The Hall–Kier alpha value is -0.340. The monoisotopic (exact) mass is 265 g/mol. The minimum atomic E-state index is 0.507. The summed E-state index contributed by atoms with van der Waals surface area (Å²) < 4.78 is 0. The minimum Gasteiger partial charge on any atom is -0.310 e. The van der Waals surface area contributed by atoms with Gasteiger partial charge in [0.05, 0.1) is 0 Å². The Labute approximate surface area is 116 Å². The molecule has 1 saturated carbocycles. The Kier molecular flexibility index (Phi) is 4.85. The van der Waals surface area contributed by atoms with Crippen LogP contribution in [0.1, 0.15) is 60.9 Å². The Morgan fingerprint density at radius 3 is 2.78 bits per heavy atom. The molecule has 2 heteroatoms. The molecule has 0 aliphatic heterocycles. The fraction of sp³-hybridized carbons (Fsp3) is 0.750. The van der Waals surface area contributed by atoms with Crippen LogP contribution in [0.15, 0.2) is 6.07 Å². The largest absolute Gasteiger partial charge is 0.310 e. The highest BCUT2D eigenvalue weighted by molar-refractivity contribution is 7.12. The van der Waals surface area contributed by atoms with Crippen molar-refractivity contribution >= 4 is 11.3 Å². The number of nitrogens with one attached hydrogen (secondary N) is 1. The molecule has 1 fully saturated rings. The first-order valence-electron chi connectivity index (χ1n) is 7.36. The highest BCUT2D eigenvalue weighted by Crippen LogP contribution is 2.30. The van der Waals surface area contributed by atoms with Gasteiger partial charge >= 0.3 is 0 Å². The van der Waals surface area contributed by atoms with E-state index in [4.69, 9.17) is 0 Å². The van der Waals surface area contributed by atoms with Crippen LogP contribution >= 0.6 is 11.3 Å². The molecular weight excluding hydrogens is 238 g/mol. The van der Waals surface area contributed by atoms with Gasteiger partial charge in [-0.3, -0.25) is 0 Å². The second kappa shape index (κ2) is 6.21. The quantitative estimate of drug-likeness (QED) is 0.821. The van der Waals surface area contributed by atoms with Gasteiger partial charge in [-0.15, -0.1) is 11.3 Å². The maximum absolute atomic E-state index is 3.75. The van der Waals surface area contributed by atoms with Gasteiger partial charge < -0.3 is 5.32 Å². The molecule has 1 aliphatic carbocycles. The van der Waals surface area contributed by atoms with Gasteiger partial charge in [-0.1, -0.05) is 19.8 Å². The average Bonchev–Trinajstić information content (AvgIpc) is 2.66. The zero-order valence-corrected chi connectivity index (χ0v) is 13.1. The van der Waals surface area contributed by atoms with Crippen molar-refractivity contribution in [2.24, 2.45) is 11.8 Å². The van der Waals surface area contributed by atoms with Crippen LogP contribution in [0.4, 0.5) is 0 Å². The van der Waals surface area contributed by atoms with Crippen LogP contribution in [0.2, 0.25) is 0 Å². The van der Waals surface area contributed by atoms with Crippen molar-refractivity contribution in [3.8, 4) is 0 Å². The third-order valence-corrected chi connectivity index (χ3v) is 5.29. The molecule has 1 nitrogen and oxygen atoms in total. The third kappa shape index (κ3) is 3.58. The summed E-state index contributed by atoms with van der Waals surface area (Å²) in [6.07, 6.45) is 5.71. The summed E-state index contributed by atoms with van der Waals surface area (Å²) in [5.74, 6) is 1.84. The fourth-order valence-electron chi connectivity index (χ4n) is 3.28. The van der Waals surface area contributed by atoms with E-state index < -0.39 is 0 Å². The van der Waals surface area contributed by atoms with E-state index in [-0.39, 0.29) is 0 Å². The van der Waals surface area contributed by atoms with Crippen molar-refractivity contribution in [2.75, 3.05) is 6.54 Å². The smallest absolute Gasteiger partial charge is 0.0302 e. The van der Waals surface area contributed by atoms with Crippen molar-refractivity contribution < 1.29 is 0 Å². The van der Waals surface area contributed by atoms with Crippen LogP contribution in [0.3, 0.4) is 0 Å². The Morgan fingerprint density at radius 2 is 2.17 bits per heavy atom. The molecule has 3 atom stereocenters. The number of hydrogen-bond acceptors (Lipinski definition) is 2. The zero-order valence-electron chi connectivity index (χ0n) is 12.3. The van der Waals surface area contributed by atoms with Gasteiger partial charge in [0.25, 0.3) is 0 Å². The normalized spacial score (nSPS) is 26.2. The zero-order chi connectivity index (χ0) is 13.1. The molecule has 102 valence electrons. The topological polar surface area (TPSA) is 12.0 Å². The summed E-state index contributed by atoms with van der Waals surface area (Å²) in [5, 5.41) is 3.75. The fourth-order valence-corrected chi connectivity index (χ4v) is 4.30. The van der Waals surface area contributed by atoms with E-state index in [2.05, 4.69) is 39.1 Å². The van der Waals surface area contributed by atoms with Crippen molar-refractivity contribution in [3.05, 3.63) is 21.4 Å². The maximum Gasteiger partial charge on any atom is 0.0302 e. The van der Waals surface area contributed by atoms with Crippen LogP contribution in [0.25, 0.3) is 0 Å². The van der Waals surface area contributed by atoms with E-state index >= 15 is 0 Å². The molecule has 0 amide bonds. The highest BCUT2D eigenvalue weighted by Gasteiger charge is 2.19. The van der Waals surface area contributed by atoms with E-state index in [1.54, 1.807) is 0 Å². The van der Waals surface area contributed by atoms with Gasteiger partial charge in [-0.05, 0) is 63.6 Å². The molecule has 18 heavy (non-hydrogen) atoms. The van der Waals surface area contributed by atoms with Gasteiger partial charge in [0.1, 0.15) is 0 Å². The summed E-state index contributed by atoms with van der Waals surface area (Å²) in [7, 11) is 0. The van der Waals surface area contributed by atoms with Crippen molar-refractivity contribution in [1.82, 2.24) is 5.32 Å². The lowest BCUT2D eigenvalue weighted by atomic mass is 9.82. The SMILES string of the molecule is Cc1cc(C(C)NCC2CCCC(C)C2)c(C)s1. The summed E-state index contributed by atoms with van der Waals surface area (Å²) in [6, 6.07) is 2.86. The summed E-state index contributed by atoms with van der Waals surface area (Å²) in [5.41, 5.74) is 1.50. The van der Waals surface area contributed by atoms with E-state index in [1.807, 2.05) is 11.3 Å². The van der Waals surface area contributed by atoms with Gasteiger partial charge in [-0.2, -0.15) is 0 Å². The number of thiophene rings is 1. The van der Waals surface area contributed by atoms with Crippen LogP contribution in [0, 0.1) is 25.7 Å². The summed E-state index contributed by atoms with van der Waals surface area (Å²) >= 11 is 1.92. The standard InChI is InChI=1S/C16H27NS/c1-11-6-5-7-15(8-11)10-17-13(3)16-9-12(2)18-14(16)4/h9,11,13,15,17H,5-8,10H2,1-4H3. The van der Waals surface area contributed by atoms with Crippen LogP contribution in [-0.4, -0.2) is 6.54 Å². The first kappa shape index (κ1) is 14.1. The molecule has 2 rings (SSSR count). The molecule has 0 bridgehead atoms. The van der Waals surface area contributed by atoms with Gasteiger partial charge in [0.2, 0.25) is 0 Å². The van der Waals surface area contributed by atoms with Gasteiger partial charge in [0, 0.05) is 15.8 Å². The summed E-state index contributed by atoms with van der Waals surface area (Å²) in [6.45, 7) is 10.4. The molecule has 0 spiro atoms. The molecule has 1 heterocycles. The molecule has 0 aromatic carbocycles. The lowest BCUT2D eigenvalue weighted by Crippen LogP contribution is -2.28. The van der Waals surface area contributed by atoms with Crippen LogP contribution < -0.4 is 5.32 Å². The lowest BCUT2D eigenvalue weighted by Gasteiger charge is -2.28. The molecule has 1 N–H and O–H groups in total. The number of rotatable bonds is 4. The second-order valence-electron chi connectivity index (χ2n) is 6.14.